The molecule has 2 aromatic rings. The van der Waals surface area contributed by atoms with Crippen molar-refractivity contribution < 1.29 is 13.9 Å². The lowest BCUT2D eigenvalue weighted by molar-refractivity contribution is 0.0520. The Kier molecular flexibility index (Phi) is 4.16. The maximum absolute atomic E-state index is 11.4. The molecule has 0 aromatic carbocycles. The fraction of sp³-hybridized carbons (Fsp3) is 0.417. The number of esters is 1. The zero-order chi connectivity index (χ0) is 13.8. The summed E-state index contributed by atoms with van der Waals surface area (Å²) >= 11 is 1.34. The van der Waals surface area contributed by atoms with E-state index in [-0.39, 0.29) is 0 Å². The molecule has 0 radical (unpaired) electrons. The predicted molar refractivity (Wildman–Crippen MR) is 71.4 cm³/mol. The van der Waals surface area contributed by atoms with Crippen LogP contribution >= 0.6 is 11.3 Å². The SMILES string of the molecule is CCOC(=O)c1csc(NCc2nc(C)c(C)o2)n1. The molecule has 2 heterocycles. The number of nitrogens with zero attached hydrogens (tertiary/aromatic N) is 2. The molecule has 0 unspecified atom stereocenters. The summed E-state index contributed by atoms with van der Waals surface area (Å²) in [7, 11) is 0. The summed E-state index contributed by atoms with van der Waals surface area (Å²) in [6.07, 6.45) is 0. The van der Waals surface area contributed by atoms with Crippen molar-refractivity contribution in [3.8, 4) is 0 Å². The highest BCUT2D eigenvalue weighted by Crippen LogP contribution is 2.17. The average Bonchev–Trinajstić information content (AvgIpc) is 2.95. The van der Waals surface area contributed by atoms with E-state index in [2.05, 4.69) is 15.3 Å². The van der Waals surface area contributed by atoms with Crippen molar-refractivity contribution >= 4 is 22.4 Å². The van der Waals surface area contributed by atoms with Crippen LogP contribution in [0.5, 0.6) is 0 Å². The molecule has 0 saturated carbocycles. The van der Waals surface area contributed by atoms with Gasteiger partial charge < -0.3 is 14.5 Å². The number of hydrogen-bond acceptors (Lipinski definition) is 7. The van der Waals surface area contributed by atoms with Crippen molar-refractivity contribution in [3.05, 3.63) is 28.4 Å². The first-order chi connectivity index (χ1) is 9.10. The molecular formula is C12H15N3O3S. The molecule has 2 aromatic heterocycles. The van der Waals surface area contributed by atoms with Gasteiger partial charge in [-0.1, -0.05) is 0 Å². The molecule has 0 atom stereocenters. The van der Waals surface area contributed by atoms with Gasteiger partial charge in [-0.05, 0) is 20.8 Å². The quantitative estimate of drug-likeness (QED) is 0.849. The molecule has 2 rings (SSSR count). The van der Waals surface area contributed by atoms with Crippen LogP contribution in [0.25, 0.3) is 0 Å². The van der Waals surface area contributed by atoms with Gasteiger partial charge in [-0.25, -0.2) is 14.8 Å². The number of hydrogen-bond donors (Lipinski definition) is 1. The average molecular weight is 281 g/mol. The molecule has 0 aliphatic rings. The molecule has 6 nitrogen and oxygen atoms in total. The van der Waals surface area contributed by atoms with Gasteiger partial charge in [-0.2, -0.15) is 0 Å². The summed E-state index contributed by atoms with van der Waals surface area (Å²) in [6, 6.07) is 0. The van der Waals surface area contributed by atoms with Gasteiger partial charge in [-0.3, -0.25) is 0 Å². The molecule has 7 heteroatoms. The molecule has 0 spiro atoms. The molecule has 0 aliphatic heterocycles. The molecule has 1 N–H and O–H groups in total. The Morgan fingerprint density at radius 2 is 2.26 bits per heavy atom. The van der Waals surface area contributed by atoms with E-state index in [1.165, 1.54) is 11.3 Å². The molecule has 0 fully saturated rings. The minimum atomic E-state index is -0.408. The standard InChI is InChI=1S/C12H15N3O3S/c1-4-17-11(16)9-6-19-12(15-9)13-5-10-14-7(2)8(3)18-10/h6H,4-5H2,1-3H3,(H,13,15). The van der Waals surface area contributed by atoms with Gasteiger partial charge >= 0.3 is 5.97 Å². The van der Waals surface area contributed by atoms with Gasteiger partial charge in [0.1, 0.15) is 5.76 Å². The number of ether oxygens (including phenoxy) is 1. The van der Waals surface area contributed by atoms with Crippen LogP contribution in [0.4, 0.5) is 5.13 Å². The first-order valence-corrected chi connectivity index (χ1v) is 6.77. The van der Waals surface area contributed by atoms with Crippen LogP contribution in [0, 0.1) is 13.8 Å². The van der Waals surface area contributed by atoms with Gasteiger partial charge in [0.05, 0.1) is 18.8 Å². The zero-order valence-corrected chi connectivity index (χ0v) is 11.8. The van der Waals surface area contributed by atoms with Crippen molar-refractivity contribution in [2.45, 2.75) is 27.3 Å². The summed E-state index contributed by atoms with van der Waals surface area (Å²) in [5.41, 5.74) is 1.19. The highest BCUT2D eigenvalue weighted by molar-refractivity contribution is 7.13. The Hall–Kier alpha value is -1.89. The number of thiazole rings is 1. The first kappa shape index (κ1) is 13.5. The maximum atomic E-state index is 11.4. The number of aromatic nitrogens is 2. The van der Waals surface area contributed by atoms with E-state index in [9.17, 15) is 4.79 Å². The lowest BCUT2D eigenvalue weighted by Gasteiger charge is -1.98. The third kappa shape index (κ3) is 3.31. The fourth-order valence-electron chi connectivity index (χ4n) is 1.42. The Morgan fingerprint density at radius 3 is 2.89 bits per heavy atom. The Bertz CT molecular complexity index is 557. The minimum Gasteiger partial charge on any atom is -0.461 e. The smallest absolute Gasteiger partial charge is 0.357 e. The van der Waals surface area contributed by atoms with Crippen LogP contribution in [0.1, 0.15) is 34.8 Å². The van der Waals surface area contributed by atoms with Gasteiger partial charge in [-0.15, -0.1) is 11.3 Å². The van der Waals surface area contributed by atoms with Crippen molar-refractivity contribution in [2.75, 3.05) is 11.9 Å². The number of anilines is 1. The molecule has 0 aliphatic carbocycles. The van der Waals surface area contributed by atoms with E-state index in [4.69, 9.17) is 9.15 Å². The molecular weight excluding hydrogens is 266 g/mol. The first-order valence-electron chi connectivity index (χ1n) is 5.89. The van der Waals surface area contributed by atoms with Gasteiger partial charge in [0, 0.05) is 5.38 Å². The van der Waals surface area contributed by atoms with E-state index < -0.39 is 5.97 Å². The topological polar surface area (TPSA) is 77.2 Å². The number of nitrogens with one attached hydrogen (secondary N) is 1. The summed E-state index contributed by atoms with van der Waals surface area (Å²) < 4.78 is 10.3. The number of aryl methyl sites for hydroxylation is 2. The number of carbonyl (C=O) groups is 1. The monoisotopic (exact) mass is 281 g/mol. The van der Waals surface area contributed by atoms with Crippen LogP contribution in [-0.2, 0) is 11.3 Å². The summed E-state index contributed by atoms with van der Waals surface area (Å²) in [5.74, 6) is 1.00. The number of rotatable bonds is 5. The minimum absolute atomic E-state index is 0.314. The zero-order valence-electron chi connectivity index (χ0n) is 11.0. The van der Waals surface area contributed by atoms with Crippen LogP contribution in [-0.4, -0.2) is 22.5 Å². The van der Waals surface area contributed by atoms with Gasteiger partial charge in [0.25, 0.3) is 0 Å². The van der Waals surface area contributed by atoms with Crippen LogP contribution < -0.4 is 5.32 Å². The Balaban J connectivity index is 1.95. The lowest BCUT2D eigenvalue weighted by atomic mass is 10.4. The highest BCUT2D eigenvalue weighted by atomic mass is 32.1. The third-order valence-corrected chi connectivity index (χ3v) is 3.25. The normalized spacial score (nSPS) is 10.5. The van der Waals surface area contributed by atoms with Crippen molar-refractivity contribution in [3.63, 3.8) is 0 Å². The van der Waals surface area contributed by atoms with Gasteiger partial charge in [0.2, 0.25) is 5.89 Å². The molecule has 19 heavy (non-hydrogen) atoms. The van der Waals surface area contributed by atoms with Crippen LogP contribution in [0.2, 0.25) is 0 Å². The molecule has 0 saturated heterocycles. The molecule has 0 bridgehead atoms. The maximum Gasteiger partial charge on any atom is 0.357 e. The second-order valence-electron chi connectivity index (χ2n) is 3.86. The summed E-state index contributed by atoms with van der Waals surface area (Å²) in [5, 5.41) is 5.36. The lowest BCUT2D eigenvalue weighted by Crippen LogP contribution is -2.05. The Morgan fingerprint density at radius 1 is 1.47 bits per heavy atom. The summed E-state index contributed by atoms with van der Waals surface area (Å²) in [4.78, 5) is 19.8. The van der Waals surface area contributed by atoms with E-state index in [0.717, 1.165) is 11.5 Å². The van der Waals surface area contributed by atoms with E-state index in [1.54, 1.807) is 12.3 Å². The van der Waals surface area contributed by atoms with Crippen molar-refractivity contribution in [2.24, 2.45) is 0 Å². The predicted octanol–water partition coefficient (Wildman–Crippen LogP) is 2.54. The molecule has 0 amide bonds. The largest absolute Gasteiger partial charge is 0.461 e. The molecule has 102 valence electrons. The van der Waals surface area contributed by atoms with E-state index in [1.807, 2.05) is 13.8 Å². The van der Waals surface area contributed by atoms with Crippen LogP contribution in [0.15, 0.2) is 9.80 Å². The van der Waals surface area contributed by atoms with Crippen molar-refractivity contribution in [1.82, 2.24) is 9.97 Å². The van der Waals surface area contributed by atoms with Crippen LogP contribution in [0.3, 0.4) is 0 Å². The third-order valence-electron chi connectivity index (χ3n) is 2.45. The fourth-order valence-corrected chi connectivity index (χ4v) is 2.10. The number of carbonyl (C=O) groups excluding carboxylic acids is 1. The second kappa shape index (κ2) is 5.83. The highest BCUT2D eigenvalue weighted by Gasteiger charge is 2.12. The number of oxazole rings is 1. The van der Waals surface area contributed by atoms with Crippen molar-refractivity contribution in [1.29, 1.82) is 0 Å². The second-order valence-corrected chi connectivity index (χ2v) is 4.72. The van der Waals surface area contributed by atoms with E-state index >= 15 is 0 Å². The Labute approximate surface area is 114 Å². The summed E-state index contributed by atoms with van der Waals surface area (Å²) in [6.45, 7) is 6.30. The van der Waals surface area contributed by atoms with Gasteiger partial charge in [0.15, 0.2) is 10.8 Å². The van der Waals surface area contributed by atoms with E-state index in [0.29, 0.717) is 29.9 Å².